The van der Waals surface area contributed by atoms with Gasteiger partial charge in [-0.25, -0.2) is 9.67 Å². The first-order valence-electron chi connectivity index (χ1n) is 7.83. The summed E-state index contributed by atoms with van der Waals surface area (Å²) in [5.41, 5.74) is 2.08. The average Bonchev–Trinajstić information content (AvgIpc) is 3.02. The molecule has 0 amide bonds. The van der Waals surface area contributed by atoms with E-state index in [1.54, 1.807) is 30.1 Å². The third-order valence-electron chi connectivity index (χ3n) is 4.01. The molecule has 0 fully saturated rings. The van der Waals surface area contributed by atoms with E-state index in [2.05, 4.69) is 10.1 Å². The molecule has 0 radical (unpaired) electrons. The summed E-state index contributed by atoms with van der Waals surface area (Å²) < 4.78 is 8.79. The van der Waals surface area contributed by atoms with Gasteiger partial charge < -0.3 is 9.30 Å². The third-order valence-corrected chi connectivity index (χ3v) is 4.01. The van der Waals surface area contributed by atoms with E-state index in [-0.39, 0.29) is 5.56 Å². The molecule has 0 aliphatic rings. The van der Waals surface area contributed by atoms with Crippen LogP contribution in [0.4, 0.5) is 0 Å². The van der Waals surface area contributed by atoms with E-state index in [0.717, 1.165) is 22.8 Å². The van der Waals surface area contributed by atoms with E-state index in [0.29, 0.717) is 19.5 Å². The molecule has 0 aliphatic heterocycles. The van der Waals surface area contributed by atoms with Crippen molar-refractivity contribution in [3.05, 3.63) is 76.2 Å². The number of aryl methyl sites for hydroxylation is 2. The van der Waals surface area contributed by atoms with Gasteiger partial charge in [0.2, 0.25) is 0 Å². The Morgan fingerprint density at radius 1 is 1.12 bits per heavy atom. The highest BCUT2D eigenvalue weighted by Crippen LogP contribution is 2.12. The van der Waals surface area contributed by atoms with Crippen molar-refractivity contribution in [3.63, 3.8) is 0 Å². The highest BCUT2D eigenvalue weighted by atomic mass is 16.5. The molecule has 2 heterocycles. The largest absolute Gasteiger partial charge is 0.497 e. The maximum Gasteiger partial charge on any atom is 0.250 e. The second-order valence-corrected chi connectivity index (χ2v) is 5.59. The maximum atomic E-state index is 11.9. The van der Waals surface area contributed by atoms with Crippen molar-refractivity contribution < 1.29 is 4.74 Å². The number of rotatable bonds is 6. The Labute approximate surface area is 140 Å². The number of methoxy groups -OCH3 is 1. The van der Waals surface area contributed by atoms with Gasteiger partial charge in [0.1, 0.15) is 17.9 Å². The summed E-state index contributed by atoms with van der Waals surface area (Å²) in [7, 11) is 1.65. The summed E-state index contributed by atoms with van der Waals surface area (Å²) in [5, 5.41) is 4.30. The van der Waals surface area contributed by atoms with Crippen molar-refractivity contribution >= 4 is 0 Å². The van der Waals surface area contributed by atoms with Gasteiger partial charge in [0.25, 0.3) is 5.56 Å². The Balaban J connectivity index is 1.72. The van der Waals surface area contributed by atoms with Crippen molar-refractivity contribution in [3.8, 4) is 5.75 Å². The second-order valence-electron chi connectivity index (χ2n) is 5.59. The number of pyridine rings is 1. The lowest BCUT2D eigenvalue weighted by Crippen LogP contribution is -2.22. The van der Waals surface area contributed by atoms with Crippen molar-refractivity contribution in [1.29, 1.82) is 0 Å². The molecule has 0 N–H and O–H groups in total. The molecule has 0 spiro atoms. The van der Waals surface area contributed by atoms with E-state index in [9.17, 15) is 4.79 Å². The molecule has 6 heteroatoms. The van der Waals surface area contributed by atoms with Crippen LogP contribution in [0, 0.1) is 6.92 Å². The molecule has 0 unspecified atom stereocenters. The van der Waals surface area contributed by atoms with Crippen LogP contribution < -0.4 is 10.3 Å². The van der Waals surface area contributed by atoms with Crippen LogP contribution in [-0.4, -0.2) is 26.4 Å². The number of ether oxygens (including phenoxy) is 1. The molecule has 1 aromatic carbocycles. The van der Waals surface area contributed by atoms with Gasteiger partial charge in [0.15, 0.2) is 0 Å². The zero-order valence-electron chi connectivity index (χ0n) is 13.8. The van der Waals surface area contributed by atoms with Gasteiger partial charge in [-0.3, -0.25) is 4.79 Å². The molecule has 0 atom stereocenters. The molecule has 0 saturated carbocycles. The summed E-state index contributed by atoms with van der Waals surface area (Å²) >= 11 is 0. The van der Waals surface area contributed by atoms with Gasteiger partial charge in [-0.2, -0.15) is 5.10 Å². The van der Waals surface area contributed by atoms with E-state index >= 15 is 0 Å². The molecule has 24 heavy (non-hydrogen) atoms. The van der Waals surface area contributed by atoms with Gasteiger partial charge in [-0.15, -0.1) is 0 Å². The summed E-state index contributed by atoms with van der Waals surface area (Å²) in [5.74, 6) is 1.69. The highest BCUT2D eigenvalue weighted by Gasteiger charge is 2.07. The molecular formula is C18H20N4O2. The lowest BCUT2D eigenvalue weighted by atomic mass is 10.2. The molecule has 0 bridgehead atoms. The highest BCUT2D eigenvalue weighted by molar-refractivity contribution is 5.27. The SMILES string of the molecule is COc1ccc(Cn2ncnc2CCn2c(C)cccc2=O)cc1. The Bertz CT molecular complexity index is 865. The van der Waals surface area contributed by atoms with E-state index in [1.807, 2.05) is 41.9 Å². The zero-order chi connectivity index (χ0) is 16.9. The molecule has 124 valence electrons. The van der Waals surface area contributed by atoms with Crippen molar-refractivity contribution in [1.82, 2.24) is 19.3 Å². The number of nitrogens with zero attached hydrogens (tertiary/aromatic N) is 4. The molecule has 0 aliphatic carbocycles. The molecule has 2 aromatic heterocycles. The minimum atomic E-state index is 0.0104. The van der Waals surface area contributed by atoms with Crippen LogP contribution in [0.2, 0.25) is 0 Å². The van der Waals surface area contributed by atoms with Crippen LogP contribution >= 0.6 is 0 Å². The summed E-state index contributed by atoms with van der Waals surface area (Å²) in [6.45, 7) is 3.16. The predicted octanol–water partition coefficient (Wildman–Crippen LogP) is 2.05. The fraction of sp³-hybridized carbons (Fsp3) is 0.278. The molecular weight excluding hydrogens is 304 g/mol. The normalized spacial score (nSPS) is 10.8. The van der Waals surface area contributed by atoms with Gasteiger partial charge in [-0.05, 0) is 30.7 Å². The van der Waals surface area contributed by atoms with Crippen molar-refractivity contribution in [2.45, 2.75) is 26.4 Å². The Morgan fingerprint density at radius 3 is 2.62 bits per heavy atom. The minimum absolute atomic E-state index is 0.0104. The van der Waals surface area contributed by atoms with Crippen LogP contribution in [0.15, 0.2) is 53.6 Å². The van der Waals surface area contributed by atoms with Crippen LogP contribution in [0.25, 0.3) is 0 Å². The van der Waals surface area contributed by atoms with Crippen molar-refractivity contribution in [2.24, 2.45) is 0 Å². The standard InChI is InChI=1S/C18H20N4O2/c1-14-4-3-5-18(23)21(14)11-10-17-19-13-20-22(17)12-15-6-8-16(24-2)9-7-15/h3-9,13H,10-12H2,1-2H3. The number of aromatic nitrogens is 4. The molecule has 0 saturated heterocycles. The Morgan fingerprint density at radius 2 is 1.92 bits per heavy atom. The average molecular weight is 324 g/mol. The van der Waals surface area contributed by atoms with Gasteiger partial charge in [0.05, 0.1) is 13.7 Å². The lowest BCUT2D eigenvalue weighted by Gasteiger charge is -2.10. The summed E-state index contributed by atoms with van der Waals surface area (Å²) in [6, 6.07) is 13.2. The Kier molecular flexibility index (Phi) is 4.74. The topological polar surface area (TPSA) is 61.9 Å². The van der Waals surface area contributed by atoms with Crippen LogP contribution in [0.1, 0.15) is 17.1 Å². The van der Waals surface area contributed by atoms with Crippen molar-refractivity contribution in [2.75, 3.05) is 7.11 Å². The second kappa shape index (κ2) is 7.12. The molecule has 3 aromatic rings. The number of hydrogen-bond acceptors (Lipinski definition) is 4. The number of hydrogen-bond donors (Lipinski definition) is 0. The van der Waals surface area contributed by atoms with Gasteiger partial charge in [-0.1, -0.05) is 18.2 Å². The number of benzene rings is 1. The van der Waals surface area contributed by atoms with Gasteiger partial charge >= 0.3 is 0 Å². The minimum Gasteiger partial charge on any atom is -0.497 e. The van der Waals surface area contributed by atoms with Gasteiger partial charge in [0, 0.05) is 24.7 Å². The maximum absolute atomic E-state index is 11.9. The van der Waals surface area contributed by atoms with Crippen LogP contribution in [0.5, 0.6) is 5.75 Å². The van der Waals surface area contributed by atoms with E-state index in [1.165, 1.54) is 0 Å². The quantitative estimate of drug-likeness (QED) is 0.696. The first kappa shape index (κ1) is 16.0. The molecule has 6 nitrogen and oxygen atoms in total. The zero-order valence-corrected chi connectivity index (χ0v) is 13.8. The van der Waals surface area contributed by atoms with E-state index in [4.69, 9.17) is 4.74 Å². The monoisotopic (exact) mass is 324 g/mol. The van der Waals surface area contributed by atoms with Crippen LogP contribution in [0.3, 0.4) is 0 Å². The smallest absolute Gasteiger partial charge is 0.250 e. The fourth-order valence-electron chi connectivity index (χ4n) is 2.64. The predicted molar refractivity (Wildman–Crippen MR) is 91.3 cm³/mol. The fourth-order valence-corrected chi connectivity index (χ4v) is 2.64. The summed E-state index contributed by atoms with van der Waals surface area (Å²) in [6.07, 6.45) is 2.21. The van der Waals surface area contributed by atoms with Crippen LogP contribution in [-0.2, 0) is 19.5 Å². The molecule has 3 rings (SSSR count). The third kappa shape index (κ3) is 3.53. The van der Waals surface area contributed by atoms with E-state index < -0.39 is 0 Å². The lowest BCUT2D eigenvalue weighted by molar-refractivity contribution is 0.414. The first-order chi connectivity index (χ1) is 11.7. The Hall–Kier alpha value is -2.89. The summed E-state index contributed by atoms with van der Waals surface area (Å²) in [4.78, 5) is 16.3. The first-order valence-corrected chi connectivity index (χ1v) is 7.83.